The molecule has 1 fully saturated rings. The number of rotatable bonds is 4. The molecule has 1 N–H and O–H groups in total. The van der Waals surface area contributed by atoms with Gasteiger partial charge in [-0.3, -0.25) is 4.79 Å². The molecule has 0 aromatic carbocycles. The van der Waals surface area contributed by atoms with Gasteiger partial charge in [0.2, 0.25) is 0 Å². The van der Waals surface area contributed by atoms with Crippen molar-refractivity contribution in [1.82, 2.24) is 5.48 Å². The Bertz CT molecular complexity index is 369. The van der Waals surface area contributed by atoms with Crippen LogP contribution in [0.4, 0.5) is 0 Å². The number of ether oxygens (including phenoxy) is 1. The zero-order chi connectivity index (χ0) is 12.8. The topological polar surface area (TPSA) is 64.6 Å². The summed E-state index contributed by atoms with van der Waals surface area (Å²) in [7, 11) is 0. The van der Waals surface area contributed by atoms with E-state index in [-0.39, 0.29) is 18.1 Å². The molecule has 0 spiro atoms. The quantitative estimate of drug-likeness (QED) is 0.603. The summed E-state index contributed by atoms with van der Waals surface area (Å²) in [4.78, 5) is 27.5. The molecule has 5 heteroatoms. The standard InChI is InChI=1S/C13H17NO4/c15-9-10-4-6-11(7-5-10)13(16)14-18-12-3-1-2-8-17-12/h4,6-7,9-10,12H,1-3,5,8H2,(H,14,16). The van der Waals surface area contributed by atoms with Crippen molar-refractivity contribution in [3.63, 3.8) is 0 Å². The van der Waals surface area contributed by atoms with Crippen LogP contribution in [0.2, 0.25) is 0 Å². The predicted molar refractivity (Wildman–Crippen MR) is 64.2 cm³/mol. The third-order valence-corrected chi connectivity index (χ3v) is 2.99. The van der Waals surface area contributed by atoms with Gasteiger partial charge in [-0.25, -0.2) is 10.3 Å². The van der Waals surface area contributed by atoms with Crippen molar-refractivity contribution >= 4 is 12.2 Å². The fraction of sp³-hybridized carbons (Fsp3) is 0.538. The average molecular weight is 251 g/mol. The number of hydrogen-bond acceptors (Lipinski definition) is 4. The van der Waals surface area contributed by atoms with E-state index < -0.39 is 0 Å². The lowest BCUT2D eigenvalue weighted by Gasteiger charge is -2.22. The first kappa shape index (κ1) is 13.0. The Kier molecular flexibility index (Phi) is 4.66. The molecule has 0 bridgehead atoms. The minimum Gasteiger partial charge on any atom is -0.350 e. The molecule has 0 aromatic rings. The van der Waals surface area contributed by atoms with E-state index in [2.05, 4.69) is 5.48 Å². The normalized spacial score (nSPS) is 27.4. The van der Waals surface area contributed by atoms with Crippen LogP contribution in [0.3, 0.4) is 0 Å². The van der Waals surface area contributed by atoms with Crippen molar-refractivity contribution in [3.05, 3.63) is 23.8 Å². The highest BCUT2D eigenvalue weighted by atomic mass is 16.8. The van der Waals surface area contributed by atoms with Gasteiger partial charge in [0.1, 0.15) is 6.29 Å². The third-order valence-electron chi connectivity index (χ3n) is 2.99. The van der Waals surface area contributed by atoms with Gasteiger partial charge >= 0.3 is 0 Å². The molecule has 0 saturated carbocycles. The van der Waals surface area contributed by atoms with Crippen LogP contribution in [0.5, 0.6) is 0 Å². The molecule has 1 aliphatic carbocycles. The van der Waals surface area contributed by atoms with Gasteiger partial charge in [0.15, 0.2) is 6.29 Å². The first-order chi connectivity index (χ1) is 8.79. The Labute approximate surface area is 106 Å². The van der Waals surface area contributed by atoms with Gasteiger partial charge in [0.25, 0.3) is 5.91 Å². The van der Waals surface area contributed by atoms with Crippen LogP contribution >= 0.6 is 0 Å². The number of hydrogen-bond donors (Lipinski definition) is 1. The number of carbonyl (C=O) groups is 2. The van der Waals surface area contributed by atoms with Gasteiger partial charge < -0.3 is 9.53 Å². The van der Waals surface area contributed by atoms with Crippen molar-refractivity contribution in [2.45, 2.75) is 32.0 Å². The van der Waals surface area contributed by atoms with Crippen LogP contribution in [-0.2, 0) is 19.2 Å². The van der Waals surface area contributed by atoms with Crippen LogP contribution in [-0.4, -0.2) is 25.1 Å². The Hall–Kier alpha value is -1.46. The smallest absolute Gasteiger partial charge is 0.274 e. The number of aldehydes is 1. The van der Waals surface area contributed by atoms with Gasteiger partial charge in [0, 0.05) is 24.5 Å². The summed E-state index contributed by atoms with van der Waals surface area (Å²) < 4.78 is 5.33. The maximum atomic E-state index is 11.7. The predicted octanol–water partition coefficient (Wildman–Crippen LogP) is 1.26. The van der Waals surface area contributed by atoms with Crippen molar-refractivity contribution in [3.8, 4) is 0 Å². The molecule has 2 rings (SSSR count). The zero-order valence-electron chi connectivity index (χ0n) is 10.1. The average Bonchev–Trinajstić information content (AvgIpc) is 2.46. The third kappa shape index (κ3) is 3.51. The molecule has 1 amide bonds. The molecule has 0 radical (unpaired) electrons. The van der Waals surface area contributed by atoms with Crippen LogP contribution in [0, 0.1) is 5.92 Å². The first-order valence-electron chi connectivity index (χ1n) is 6.21. The summed E-state index contributed by atoms with van der Waals surface area (Å²) in [6.45, 7) is 0.671. The van der Waals surface area contributed by atoms with E-state index in [9.17, 15) is 9.59 Å². The lowest BCUT2D eigenvalue weighted by molar-refractivity contribution is -0.198. The van der Waals surface area contributed by atoms with Crippen LogP contribution < -0.4 is 5.48 Å². The van der Waals surface area contributed by atoms with Crippen molar-refractivity contribution in [2.75, 3.05) is 6.61 Å². The maximum absolute atomic E-state index is 11.7. The summed E-state index contributed by atoms with van der Waals surface area (Å²) in [5, 5.41) is 0. The molecule has 2 unspecified atom stereocenters. The second-order valence-corrected chi connectivity index (χ2v) is 4.40. The molecule has 2 atom stereocenters. The molecule has 0 aromatic heterocycles. The fourth-order valence-electron chi connectivity index (χ4n) is 1.89. The monoisotopic (exact) mass is 251 g/mol. The highest BCUT2D eigenvalue weighted by Gasteiger charge is 2.17. The van der Waals surface area contributed by atoms with E-state index in [1.807, 2.05) is 0 Å². The van der Waals surface area contributed by atoms with Crippen LogP contribution in [0.25, 0.3) is 0 Å². The second kappa shape index (κ2) is 6.47. The fourth-order valence-corrected chi connectivity index (χ4v) is 1.89. The summed E-state index contributed by atoms with van der Waals surface area (Å²) in [5.74, 6) is -0.422. The van der Waals surface area contributed by atoms with E-state index in [1.165, 1.54) is 0 Å². The van der Waals surface area contributed by atoms with Gasteiger partial charge in [0.05, 0.1) is 0 Å². The number of allylic oxidation sites excluding steroid dienone is 2. The van der Waals surface area contributed by atoms with Gasteiger partial charge in [-0.15, -0.1) is 0 Å². The van der Waals surface area contributed by atoms with Crippen LogP contribution in [0.15, 0.2) is 23.8 Å². The minimum atomic E-state index is -0.349. The number of hydroxylamine groups is 1. The molecule has 1 saturated heterocycles. The maximum Gasteiger partial charge on any atom is 0.274 e. The number of carbonyl (C=O) groups excluding carboxylic acids is 2. The Balaban J connectivity index is 1.76. The zero-order valence-corrected chi connectivity index (χ0v) is 10.1. The van der Waals surface area contributed by atoms with Crippen molar-refractivity contribution in [2.24, 2.45) is 5.92 Å². The minimum absolute atomic E-state index is 0.121. The first-order valence-corrected chi connectivity index (χ1v) is 6.21. The number of nitrogens with one attached hydrogen (secondary N) is 1. The highest BCUT2D eigenvalue weighted by molar-refractivity contribution is 5.95. The summed E-state index contributed by atoms with van der Waals surface area (Å²) in [6.07, 6.45) is 9.05. The highest BCUT2D eigenvalue weighted by Crippen LogP contribution is 2.15. The summed E-state index contributed by atoms with van der Waals surface area (Å²) in [6, 6.07) is 0. The molecule has 5 nitrogen and oxygen atoms in total. The molecular weight excluding hydrogens is 234 g/mol. The molecule has 98 valence electrons. The SMILES string of the molecule is O=CC1C=CC(C(=O)NOC2CCCCO2)=CC1. The largest absolute Gasteiger partial charge is 0.350 e. The van der Waals surface area contributed by atoms with E-state index in [0.29, 0.717) is 18.6 Å². The Morgan fingerprint density at radius 3 is 3.00 bits per heavy atom. The van der Waals surface area contributed by atoms with Gasteiger partial charge in [-0.1, -0.05) is 18.2 Å². The van der Waals surface area contributed by atoms with Crippen molar-refractivity contribution in [1.29, 1.82) is 0 Å². The summed E-state index contributed by atoms with van der Waals surface area (Å²) >= 11 is 0. The van der Waals surface area contributed by atoms with E-state index in [4.69, 9.17) is 9.57 Å². The lowest BCUT2D eigenvalue weighted by Crippen LogP contribution is -2.33. The lowest BCUT2D eigenvalue weighted by atomic mass is 9.98. The molecule has 1 heterocycles. The Morgan fingerprint density at radius 2 is 2.39 bits per heavy atom. The van der Waals surface area contributed by atoms with Crippen LogP contribution in [0.1, 0.15) is 25.7 Å². The number of amides is 1. The Morgan fingerprint density at radius 1 is 1.50 bits per heavy atom. The van der Waals surface area contributed by atoms with Gasteiger partial charge in [-0.2, -0.15) is 0 Å². The van der Waals surface area contributed by atoms with Crippen molar-refractivity contribution < 1.29 is 19.2 Å². The second-order valence-electron chi connectivity index (χ2n) is 4.40. The van der Waals surface area contributed by atoms with E-state index in [0.717, 1.165) is 25.5 Å². The molecule has 18 heavy (non-hydrogen) atoms. The van der Waals surface area contributed by atoms with E-state index >= 15 is 0 Å². The molecule has 1 aliphatic heterocycles. The van der Waals surface area contributed by atoms with Gasteiger partial charge in [-0.05, 0) is 19.3 Å². The molecular formula is C13H17NO4. The summed E-state index contributed by atoms with van der Waals surface area (Å²) in [5.41, 5.74) is 2.90. The van der Waals surface area contributed by atoms with E-state index in [1.54, 1.807) is 18.2 Å². The molecule has 2 aliphatic rings.